The fourth-order valence-corrected chi connectivity index (χ4v) is 3.38. The molecule has 1 aliphatic heterocycles. The fourth-order valence-electron chi connectivity index (χ4n) is 1.96. The molecule has 0 saturated carbocycles. The maximum Gasteiger partial charge on any atom is 0.232 e. The summed E-state index contributed by atoms with van der Waals surface area (Å²) < 4.78 is 26.0. The molecule has 1 heterocycles. The lowest BCUT2D eigenvalue weighted by Gasteiger charge is -2.40. The van der Waals surface area contributed by atoms with Gasteiger partial charge in [-0.05, 0) is 32.0 Å². The van der Waals surface area contributed by atoms with Crippen LogP contribution in [0.1, 0.15) is 13.8 Å². The maximum absolute atomic E-state index is 11.8. The molecule has 0 atom stereocenters. The van der Waals surface area contributed by atoms with Crippen molar-refractivity contribution in [2.45, 2.75) is 19.4 Å². The summed E-state index contributed by atoms with van der Waals surface area (Å²) in [7, 11) is -3.25. The number of hydrogen-bond donors (Lipinski definition) is 1. The predicted molar refractivity (Wildman–Crippen MR) is 74.0 cm³/mol. The highest BCUT2D eigenvalue weighted by Crippen LogP contribution is 2.37. The quantitative estimate of drug-likeness (QED) is 0.865. The average molecular weight is 319 g/mol. The summed E-state index contributed by atoms with van der Waals surface area (Å²) in [6.07, 6.45) is 1.24. The molecule has 1 aromatic rings. The van der Waals surface area contributed by atoms with E-state index in [0.717, 1.165) is 10.2 Å². The smallest absolute Gasteiger partial charge is 0.232 e. The Labute approximate surface area is 110 Å². The van der Waals surface area contributed by atoms with Gasteiger partial charge in [-0.15, -0.1) is 0 Å². The molecule has 1 aromatic carbocycles. The van der Waals surface area contributed by atoms with Gasteiger partial charge in [-0.3, -0.25) is 4.31 Å². The summed E-state index contributed by atoms with van der Waals surface area (Å²) in [4.78, 5) is 0. The third kappa shape index (κ3) is 2.57. The summed E-state index contributed by atoms with van der Waals surface area (Å²) in [5, 5.41) is 3.34. The van der Waals surface area contributed by atoms with Crippen molar-refractivity contribution in [2.75, 3.05) is 22.4 Å². The molecule has 1 N–H and O–H groups in total. The molecule has 1 aliphatic rings. The van der Waals surface area contributed by atoms with Crippen LogP contribution in [-0.2, 0) is 10.0 Å². The summed E-state index contributed by atoms with van der Waals surface area (Å²) in [6.45, 7) is 4.39. The van der Waals surface area contributed by atoms with E-state index in [1.807, 2.05) is 32.0 Å². The number of anilines is 2. The van der Waals surface area contributed by atoms with Crippen LogP contribution in [0.25, 0.3) is 0 Å². The van der Waals surface area contributed by atoms with Gasteiger partial charge in [0.25, 0.3) is 0 Å². The number of rotatable bonds is 1. The fraction of sp³-hybridized carbons (Fsp3) is 0.455. The van der Waals surface area contributed by atoms with Gasteiger partial charge in [-0.25, -0.2) is 8.42 Å². The van der Waals surface area contributed by atoms with E-state index in [-0.39, 0.29) is 5.54 Å². The van der Waals surface area contributed by atoms with Crippen LogP contribution in [0.5, 0.6) is 0 Å². The molecule has 2 rings (SSSR count). The highest BCUT2D eigenvalue weighted by atomic mass is 79.9. The molecule has 17 heavy (non-hydrogen) atoms. The van der Waals surface area contributed by atoms with E-state index in [2.05, 4.69) is 21.2 Å². The first-order chi connectivity index (χ1) is 7.69. The second kappa shape index (κ2) is 3.88. The first-order valence-electron chi connectivity index (χ1n) is 5.24. The molecule has 6 heteroatoms. The van der Waals surface area contributed by atoms with E-state index in [1.54, 1.807) is 0 Å². The predicted octanol–water partition coefficient (Wildman–Crippen LogP) is 2.42. The second-order valence-corrected chi connectivity index (χ2v) is 7.76. The molecule has 0 fully saturated rings. The van der Waals surface area contributed by atoms with Crippen LogP contribution >= 0.6 is 15.9 Å². The minimum Gasteiger partial charge on any atom is -0.377 e. The Morgan fingerprint density at radius 2 is 2.06 bits per heavy atom. The Kier molecular flexibility index (Phi) is 2.90. The van der Waals surface area contributed by atoms with Gasteiger partial charge in [0.15, 0.2) is 0 Å². The van der Waals surface area contributed by atoms with Crippen LogP contribution in [0.15, 0.2) is 22.7 Å². The van der Waals surface area contributed by atoms with E-state index in [0.29, 0.717) is 12.2 Å². The molecule has 0 aliphatic carbocycles. The Balaban J connectivity index is 2.60. The van der Waals surface area contributed by atoms with E-state index in [9.17, 15) is 8.42 Å². The third-order valence-electron chi connectivity index (χ3n) is 2.64. The van der Waals surface area contributed by atoms with Crippen LogP contribution in [0.3, 0.4) is 0 Å². The van der Waals surface area contributed by atoms with Gasteiger partial charge in [-0.2, -0.15) is 0 Å². The van der Waals surface area contributed by atoms with Crippen molar-refractivity contribution < 1.29 is 8.42 Å². The Hall–Kier alpha value is -0.750. The number of sulfonamides is 1. The summed E-state index contributed by atoms with van der Waals surface area (Å²) in [5.74, 6) is 0. The highest BCUT2D eigenvalue weighted by molar-refractivity contribution is 9.10. The van der Waals surface area contributed by atoms with Crippen molar-refractivity contribution in [3.8, 4) is 0 Å². The monoisotopic (exact) mass is 318 g/mol. The van der Waals surface area contributed by atoms with E-state index in [4.69, 9.17) is 0 Å². The molecular weight excluding hydrogens is 304 g/mol. The lowest BCUT2D eigenvalue weighted by molar-refractivity contribution is 0.546. The van der Waals surface area contributed by atoms with Crippen molar-refractivity contribution in [3.63, 3.8) is 0 Å². The summed E-state index contributed by atoms with van der Waals surface area (Å²) >= 11 is 3.36. The number of hydrogen-bond acceptors (Lipinski definition) is 3. The largest absolute Gasteiger partial charge is 0.377 e. The molecular formula is C11H15BrN2O2S. The number of benzene rings is 1. The minimum atomic E-state index is -3.25. The van der Waals surface area contributed by atoms with Gasteiger partial charge in [-0.1, -0.05) is 15.9 Å². The zero-order valence-corrected chi connectivity index (χ0v) is 12.4. The zero-order valence-electron chi connectivity index (χ0n) is 9.99. The molecule has 0 saturated heterocycles. The van der Waals surface area contributed by atoms with Gasteiger partial charge in [0, 0.05) is 4.47 Å². The Morgan fingerprint density at radius 1 is 1.41 bits per heavy atom. The zero-order chi connectivity index (χ0) is 12.8. The lowest BCUT2D eigenvalue weighted by atomic mass is 10.0. The Morgan fingerprint density at radius 3 is 2.65 bits per heavy atom. The van der Waals surface area contributed by atoms with E-state index in [1.165, 1.54) is 10.6 Å². The van der Waals surface area contributed by atoms with Crippen molar-refractivity contribution in [3.05, 3.63) is 22.7 Å². The van der Waals surface area contributed by atoms with Crippen LogP contribution in [0.4, 0.5) is 11.4 Å². The van der Waals surface area contributed by atoms with Gasteiger partial charge in [0.05, 0.1) is 29.7 Å². The van der Waals surface area contributed by atoms with Crippen LogP contribution in [-0.4, -0.2) is 26.8 Å². The average Bonchev–Trinajstić information content (AvgIpc) is 2.15. The standard InChI is InChI=1S/C11H15BrN2O2S/c1-11(2)7-14(17(3,15)16)10-6-8(12)4-5-9(10)13-11/h4-6,13H,7H2,1-3H3. The maximum atomic E-state index is 11.8. The highest BCUT2D eigenvalue weighted by Gasteiger charge is 2.33. The van der Waals surface area contributed by atoms with E-state index < -0.39 is 10.0 Å². The molecule has 0 amide bonds. The second-order valence-electron chi connectivity index (χ2n) is 4.94. The first-order valence-corrected chi connectivity index (χ1v) is 7.89. The molecule has 4 nitrogen and oxygen atoms in total. The molecule has 0 bridgehead atoms. The van der Waals surface area contributed by atoms with Crippen LogP contribution < -0.4 is 9.62 Å². The Bertz CT molecular complexity index is 555. The number of nitrogens with one attached hydrogen (secondary N) is 1. The topological polar surface area (TPSA) is 49.4 Å². The molecule has 0 aromatic heterocycles. The lowest BCUT2D eigenvalue weighted by Crippen LogP contribution is -2.50. The van der Waals surface area contributed by atoms with Gasteiger partial charge >= 0.3 is 0 Å². The SMILES string of the molecule is CC1(C)CN(S(C)(=O)=O)c2cc(Br)ccc2N1. The van der Waals surface area contributed by atoms with Crippen LogP contribution in [0.2, 0.25) is 0 Å². The molecule has 0 radical (unpaired) electrons. The normalized spacial score (nSPS) is 18.5. The summed E-state index contributed by atoms with van der Waals surface area (Å²) in [6, 6.07) is 5.60. The van der Waals surface area contributed by atoms with Crippen molar-refractivity contribution >= 4 is 37.3 Å². The van der Waals surface area contributed by atoms with Crippen molar-refractivity contribution in [2.24, 2.45) is 0 Å². The molecule has 0 unspecified atom stereocenters. The first kappa shape index (κ1) is 12.7. The number of halogens is 1. The number of nitrogens with zero attached hydrogens (tertiary/aromatic N) is 1. The van der Waals surface area contributed by atoms with Crippen LogP contribution in [0, 0.1) is 0 Å². The molecule has 94 valence electrons. The number of fused-ring (bicyclic) bond motifs is 1. The summed E-state index contributed by atoms with van der Waals surface area (Å²) in [5.41, 5.74) is 1.26. The van der Waals surface area contributed by atoms with E-state index >= 15 is 0 Å². The van der Waals surface area contributed by atoms with Gasteiger partial charge in [0.1, 0.15) is 0 Å². The van der Waals surface area contributed by atoms with Crippen molar-refractivity contribution in [1.29, 1.82) is 0 Å². The molecule has 0 spiro atoms. The van der Waals surface area contributed by atoms with Crippen molar-refractivity contribution in [1.82, 2.24) is 0 Å². The van der Waals surface area contributed by atoms with Gasteiger partial charge in [0.2, 0.25) is 10.0 Å². The third-order valence-corrected chi connectivity index (χ3v) is 4.26. The van der Waals surface area contributed by atoms with Gasteiger partial charge < -0.3 is 5.32 Å². The minimum absolute atomic E-state index is 0.274.